The van der Waals surface area contributed by atoms with E-state index < -0.39 is 11.6 Å². The lowest BCUT2D eigenvalue weighted by Crippen LogP contribution is -2.54. The molecule has 0 unspecified atom stereocenters. The maximum Gasteiger partial charge on any atom is 0.243 e. The van der Waals surface area contributed by atoms with Gasteiger partial charge in [-0.3, -0.25) is 9.59 Å². The molecule has 3 rings (SSSR count). The zero-order valence-electron chi connectivity index (χ0n) is 20.8. The van der Waals surface area contributed by atoms with Gasteiger partial charge in [-0.1, -0.05) is 88.2 Å². The molecule has 0 radical (unpaired) electrons. The van der Waals surface area contributed by atoms with E-state index in [1.54, 1.807) is 16.7 Å². The number of nitrogens with one attached hydrogen (secondary N) is 1. The minimum Gasteiger partial charge on any atom is -0.350 e. The fourth-order valence-electron chi connectivity index (χ4n) is 3.74. The lowest BCUT2D eigenvalue weighted by Gasteiger charge is -2.34. The second-order valence-electron chi connectivity index (χ2n) is 9.68. The number of amides is 2. The minimum atomic E-state index is -0.677. The van der Waals surface area contributed by atoms with Crippen LogP contribution in [0.4, 0.5) is 0 Å². The highest BCUT2D eigenvalue weighted by molar-refractivity contribution is 9.10. The molecule has 0 spiro atoms. The van der Waals surface area contributed by atoms with Gasteiger partial charge in [-0.15, -0.1) is 11.8 Å². The molecule has 7 heteroatoms. The van der Waals surface area contributed by atoms with Crippen molar-refractivity contribution in [2.24, 2.45) is 0 Å². The van der Waals surface area contributed by atoms with E-state index in [4.69, 9.17) is 11.6 Å². The second kappa shape index (κ2) is 13.3. The number of hydrogen-bond acceptors (Lipinski definition) is 3. The lowest BCUT2D eigenvalue weighted by molar-refractivity contribution is -0.140. The van der Waals surface area contributed by atoms with Crippen LogP contribution in [-0.4, -0.2) is 34.0 Å². The normalized spacial score (nSPS) is 12.1. The number of hydrogen-bond donors (Lipinski definition) is 1. The number of carbonyl (C=O) groups excluding carboxylic acids is 2. The Balaban J connectivity index is 1.87. The number of thioether (sulfide) groups is 1. The molecule has 4 nitrogen and oxygen atoms in total. The predicted molar refractivity (Wildman–Crippen MR) is 154 cm³/mol. The summed E-state index contributed by atoms with van der Waals surface area (Å²) in [4.78, 5) is 28.9. The van der Waals surface area contributed by atoms with Gasteiger partial charge in [0.1, 0.15) is 6.04 Å². The first-order valence-electron chi connectivity index (χ1n) is 11.8. The molecule has 0 fully saturated rings. The van der Waals surface area contributed by atoms with Crippen molar-refractivity contribution >= 4 is 51.1 Å². The van der Waals surface area contributed by atoms with Crippen LogP contribution in [0.15, 0.2) is 83.3 Å². The van der Waals surface area contributed by atoms with Crippen LogP contribution < -0.4 is 5.32 Å². The zero-order valence-corrected chi connectivity index (χ0v) is 24.0. The number of halogens is 2. The first-order chi connectivity index (χ1) is 17.1. The number of rotatable bonds is 10. The standard InChI is InChI=1S/C29H32BrClN2O2S/c1-29(2,3)32-28(35)26(17-21-9-5-4-6-10-21)33(18-23-11-7-8-12-25(23)31)27(34)20-36-19-22-13-15-24(30)16-14-22/h4-16,26H,17-20H2,1-3H3,(H,32,35)/t26-/m1/s1. The number of nitrogens with zero attached hydrogens (tertiary/aromatic N) is 1. The average molecular weight is 588 g/mol. The lowest BCUT2D eigenvalue weighted by atomic mass is 10.0. The van der Waals surface area contributed by atoms with E-state index in [1.165, 1.54) is 0 Å². The Morgan fingerprint density at radius 2 is 1.58 bits per heavy atom. The molecule has 0 bridgehead atoms. The Morgan fingerprint density at radius 3 is 2.22 bits per heavy atom. The molecule has 2 amide bonds. The molecular formula is C29H32BrClN2O2S. The summed E-state index contributed by atoms with van der Waals surface area (Å²) in [7, 11) is 0. The van der Waals surface area contributed by atoms with E-state index in [-0.39, 0.29) is 24.1 Å². The Bertz CT molecular complexity index is 1150. The van der Waals surface area contributed by atoms with Gasteiger partial charge in [0.05, 0.1) is 5.75 Å². The van der Waals surface area contributed by atoms with Gasteiger partial charge in [-0.25, -0.2) is 0 Å². The summed E-state index contributed by atoms with van der Waals surface area (Å²) in [6.45, 7) is 6.09. The third-order valence-electron chi connectivity index (χ3n) is 5.48. The van der Waals surface area contributed by atoms with Gasteiger partial charge in [0.15, 0.2) is 0 Å². The van der Waals surface area contributed by atoms with Crippen LogP contribution in [0.1, 0.15) is 37.5 Å². The smallest absolute Gasteiger partial charge is 0.243 e. The summed E-state index contributed by atoms with van der Waals surface area (Å²) < 4.78 is 1.02. The van der Waals surface area contributed by atoms with Crippen molar-refractivity contribution in [1.29, 1.82) is 0 Å². The average Bonchev–Trinajstić information content (AvgIpc) is 2.83. The monoisotopic (exact) mass is 586 g/mol. The minimum absolute atomic E-state index is 0.0954. The van der Waals surface area contributed by atoms with E-state index in [9.17, 15) is 9.59 Å². The number of benzene rings is 3. The fraction of sp³-hybridized carbons (Fsp3) is 0.310. The van der Waals surface area contributed by atoms with Crippen LogP contribution in [0.3, 0.4) is 0 Å². The van der Waals surface area contributed by atoms with Crippen LogP contribution in [0.25, 0.3) is 0 Å². The van der Waals surface area contributed by atoms with Crippen LogP contribution in [0.5, 0.6) is 0 Å². The fourth-order valence-corrected chi connectivity index (χ4v) is 5.07. The van der Waals surface area contributed by atoms with E-state index >= 15 is 0 Å². The van der Waals surface area contributed by atoms with Gasteiger partial charge in [-0.2, -0.15) is 0 Å². The van der Waals surface area contributed by atoms with Gasteiger partial charge in [0.25, 0.3) is 0 Å². The third kappa shape index (κ3) is 8.99. The van der Waals surface area contributed by atoms with Gasteiger partial charge in [0.2, 0.25) is 11.8 Å². The molecule has 1 atom stereocenters. The van der Waals surface area contributed by atoms with Crippen LogP contribution >= 0.6 is 39.3 Å². The van der Waals surface area contributed by atoms with Crippen molar-refractivity contribution in [1.82, 2.24) is 10.2 Å². The van der Waals surface area contributed by atoms with Gasteiger partial charge >= 0.3 is 0 Å². The third-order valence-corrected chi connectivity index (χ3v) is 7.36. The molecule has 1 N–H and O–H groups in total. The SMILES string of the molecule is CC(C)(C)NC(=O)[C@@H](Cc1ccccc1)N(Cc1ccccc1Cl)C(=O)CSCc1ccc(Br)cc1. The van der Waals surface area contributed by atoms with Crippen molar-refractivity contribution < 1.29 is 9.59 Å². The maximum absolute atomic E-state index is 13.7. The first kappa shape index (κ1) is 28.3. The maximum atomic E-state index is 13.7. The molecule has 0 aliphatic carbocycles. The largest absolute Gasteiger partial charge is 0.350 e. The Hall–Kier alpha value is -2.28. The van der Waals surface area contributed by atoms with E-state index in [0.29, 0.717) is 17.2 Å². The van der Waals surface area contributed by atoms with E-state index in [2.05, 4.69) is 21.2 Å². The highest BCUT2D eigenvalue weighted by atomic mass is 79.9. The highest BCUT2D eigenvalue weighted by Crippen LogP contribution is 2.23. The molecule has 36 heavy (non-hydrogen) atoms. The first-order valence-corrected chi connectivity index (χ1v) is 14.2. The molecule has 3 aromatic rings. The molecule has 0 saturated carbocycles. The van der Waals surface area contributed by atoms with Crippen LogP contribution in [-0.2, 0) is 28.3 Å². The molecule has 190 valence electrons. The Kier molecular flexibility index (Phi) is 10.5. The van der Waals surface area contributed by atoms with Gasteiger partial charge in [-0.05, 0) is 55.7 Å². The highest BCUT2D eigenvalue weighted by Gasteiger charge is 2.32. The van der Waals surface area contributed by atoms with Crippen LogP contribution in [0, 0.1) is 0 Å². The summed E-state index contributed by atoms with van der Waals surface area (Å²) in [5, 5.41) is 3.66. The van der Waals surface area contributed by atoms with E-state index in [0.717, 1.165) is 21.2 Å². The topological polar surface area (TPSA) is 49.4 Å². The zero-order chi connectivity index (χ0) is 26.1. The molecule has 3 aromatic carbocycles. The van der Waals surface area contributed by atoms with E-state index in [1.807, 2.05) is 99.6 Å². The van der Waals surface area contributed by atoms with Gasteiger partial charge in [0, 0.05) is 33.8 Å². The molecule has 0 aliphatic rings. The molecule has 0 saturated heterocycles. The Morgan fingerprint density at radius 1 is 0.944 bits per heavy atom. The predicted octanol–water partition coefficient (Wildman–Crippen LogP) is 6.89. The quantitative estimate of drug-likeness (QED) is 0.281. The van der Waals surface area contributed by atoms with Crippen LogP contribution in [0.2, 0.25) is 5.02 Å². The molecular weight excluding hydrogens is 556 g/mol. The summed E-state index contributed by atoms with van der Waals surface area (Å²) in [5.74, 6) is 0.692. The van der Waals surface area contributed by atoms with Crippen molar-refractivity contribution in [2.45, 2.75) is 51.1 Å². The summed E-state index contributed by atoms with van der Waals surface area (Å²) in [6, 6.07) is 24.7. The van der Waals surface area contributed by atoms with Gasteiger partial charge < -0.3 is 10.2 Å². The summed E-state index contributed by atoms with van der Waals surface area (Å²) in [6.07, 6.45) is 0.413. The molecule has 0 aliphatic heterocycles. The van der Waals surface area contributed by atoms with Crippen molar-refractivity contribution in [2.75, 3.05) is 5.75 Å². The number of carbonyl (C=O) groups is 2. The van der Waals surface area contributed by atoms with Crippen molar-refractivity contribution in [3.8, 4) is 0 Å². The second-order valence-corrected chi connectivity index (χ2v) is 12.0. The summed E-state index contributed by atoms with van der Waals surface area (Å²) >= 11 is 11.5. The summed E-state index contributed by atoms with van der Waals surface area (Å²) in [5.41, 5.74) is 2.51. The van der Waals surface area contributed by atoms with Crippen molar-refractivity contribution in [3.05, 3.63) is 105 Å². The van der Waals surface area contributed by atoms with Crippen molar-refractivity contribution in [3.63, 3.8) is 0 Å². The molecule has 0 aromatic heterocycles. The Labute approximate surface area is 231 Å². The molecule has 0 heterocycles.